The van der Waals surface area contributed by atoms with Gasteiger partial charge in [0.05, 0.1) is 18.8 Å². The van der Waals surface area contributed by atoms with Crippen molar-refractivity contribution in [2.24, 2.45) is 0 Å². The third-order valence-electron chi connectivity index (χ3n) is 6.10. The second-order valence-electron chi connectivity index (χ2n) is 8.00. The van der Waals surface area contributed by atoms with E-state index in [0.717, 1.165) is 27.8 Å². The van der Waals surface area contributed by atoms with Crippen molar-refractivity contribution < 1.29 is 20.1 Å². The molecule has 0 aliphatic heterocycles. The molecule has 3 aromatic rings. The van der Waals surface area contributed by atoms with Crippen molar-refractivity contribution in [1.29, 1.82) is 0 Å². The summed E-state index contributed by atoms with van der Waals surface area (Å²) in [6.45, 7) is 6.26. The molecule has 3 rings (SSSR count). The average Bonchev–Trinajstić information content (AvgIpc) is 2.82. The van der Waals surface area contributed by atoms with Gasteiger partial charge in [0.1, 0.15) is 12.4 Å². The fourth-order valence-electron chi connectivity index (χ4n) is 3.92. The van der Waals surface area contributed by atoms with Gasteiger partial charge in [-0.1, -0.05) is 56.3 Å². The molecule has 0 heterocycles. The lowest BCUT2D eigenvalue weighted by Gasteiger charge is -2.26. The highest BCUT2D eigenvalue weighted by molar-refractivity contribution is 5.68. The van der Waals surface area contributed by atoms with Gasteiger partial charge in [0.15, 0.2) is 0 Å². The van der Waals surface area contributed by atoms with Crippen LogP contribution in [0.2, 0.25) is 0 Å². The van der Waals surface area contributed by atoms with Gasteiger partial charge in [-0.3, -0.25) is 0 Å². The number of ether oxygens (including phenoxy) is 1. The number of aliphatic hydroxyl groups is 3. The van der Waals surface area contributed by atoms with Crippen LogP contribution in [0.5, 0.6) is 5.75 Å². The van der Waals surface area contributed by atoms with Gasteiger partial charge in [0.25, 0.3) is 0 Å². The Morgan fingerprint density at radius 2 is 1.58 bits per heavy atom. The molecule has 164 valence electrons. The topological polar surface area (TPSA) is 69.9 Å². The van der Waals surface area contributed by atoms with Crippen molar-refractivity contribution in [3.63, 3.8) is 0 Å². The summed E-state index contributed by atoms with van der Waals surface area (Å²) in [4.78, 5) is 0. The van der Waals surface area contributed by atoms with Gasteiger partial charge in [0, 0.05) is 0 Å². The van der Waals surface area contributed by atoms with E-state index in [-0.39, 0.29) is 13.2 Å². The zero-order valence-corrected chi connectivity index (χ0v) is 18.6. The highest BCUT2D eigenvalue weighted by Crippen LogP contribution is 2.33. The van der Waals surface area contributed by atoms with E-state index in [1.54, 1.807) is 18.2 Å². The Morgan fingerprint density at radius 3 is 2.23 bits per heavy atom. The quantitative estimate of drug-likeness (QED) is 0.443. The summed E-state index contributed by atoms with van der Waals surface area (Å²) in [5.41, 5.74) is 5.96. The van der Waals surface area contributed by atoms with E-state index >= 15 is 0 Å². The molecule has 0 saturated heterocycles. The third kappa shape index (κ3) is 5.16. The molecule has 3 aromatic carbocycles. The molecule has 0 saturated carbocycles. The van der Waals surface area contributed by atoms with Gasteiger partial charge in [0.2, 0.25) is 0 Å². The lowest BCUT2D eigenvalue weighted by Crippen LogP contribution is -2.23. The summed E-state index contributed by atoms with van der Waals surface area (Å²) >= 11 is 0. The monoisotopic (exact) mass is 420 g/mol. The summed E-state index contributed by atoms with van der Waals surface area (Å²) < 4.78 is 5.92. The molecule has 4 heteroatoms. The minimum Gasteiger partial charge on any atom is -0.489 e. The van der Waals surface area contributed by atoms with Crippen molar-refractivity contribution in [3.05, 3.63) is 88.5 Å². The van der Waals surface area contributed by atoms with Crippen LogP contribution >= 0.6 is 0 Å². The Balaban J connectivity index is 1.79. The van der Waals surface area contributed by atoms with Crippen LogP contribution < -0.4 is 4.74 Å². The molecule has 0 unspecified atom stereocenters. The molecule has 0 aliphatic rings. The van der Waals surface area contributed by atoms with Crippen LogP contribution in [0, 0.1) is 6.92 Å². The van der Waals surface area contributed by atoms with E-state index in [1.165, 1.54) is 0 Å². The van der Waals surface area contributed by atoms with E-state index in [1.807, 2.05) is 32.0 Å². The first-order valence-corrected chi connectivity index (χ1v) is 10.8. The molecule has 0 amide bonds. The average molecular weight is 421 g/mol. The van der Waals surface area contributed by atoms with Gasteiger partial charge >= 0.3 is 0 Å². The first kappa shape index (κ1) is 23.0. The van der Waals surface area contributed by atoms with Gasteiger partial charge < -0.3 is 20.1 Å². The van der Waals surface area contributed by atoms with E-state index in [9.17, 15) is 15.3 Å². The Morgan fingerprint density at radius 1 is 0.839 bits per heavy atom. The maximum absolute atomic E-state index is 10.8. The number of aryl methyl sites for hydroxylation is 1. The smallest absolute Gasteiger partial charge is 0.120 e. The Labute approximate surface area is 184 Å². The van der Waals surface area contributed by atoms with Crippen molar-refractivity contribution in [3.8, 4) is 16.9 Å². The standard InChI is InChI=1S/C27H32O4/c1-4-27(30,5-2)24-10-12-26(19(3)13-24)21-8-6-7-20(14-21)18-31-25-11-9-22(16-28)23(15-25)17-29/h6-15,28-30H,4-5,16-18H2,1-3H3. The molecule has 3 N–H and O–H groups in total. The first-order valence-electron chi connectivity index (χ1n) is 10.8. The van der Waals surface area contributed by atoms with Crippen LogP contribution in [0.1, 0.15) is 54.5 Å². The lowest BCUT2D eigenvalue weighted by atomic mass is 9.86. The number of rotatable bonds is 9. The number of hydrogen-bond acceptors (Lipinski definition) is 4. The number of hydrogen-bond donors (Lipinski definition) is 3. The highest BCUT2D eigenvalue weighted by atomic mass is 16.5. The van der Waals surface area contributed by atoms with Gasteiger partial charge in [-0.2, -0.15) is 0 Å². The summed E-state index contributed by atoms with van der Waals surface area (Å²) in [6.07, 6.45) is 1.37. The summed E-state index contributed by atoms with van der Waals surface area (Å²) in [7, 11) is 0. The molecule has 4 nitrogen and oxygen atoms in total. The number of aliphatic hydroxyl groups excluding tert-OH is 2. The first-order chi connectivity index (χ1) is 14.9. The SMILES string of the molecule is CCC(O)(CC)c1ccc(-c2cccc(COc3ccc(CO)c(CO)c3)c2)c(C)c1. The largest absolute Gasteiger partial charge is 0.489 e. The fraction of sp³-hybridized carbons (Fsp3) is 0.333. The molecule has 0 aromatic heterocycles. The minimum absolute atomic E-state index is 0.107. The minimum atomic E-state index is -0.780. The van der Waals surface area contributed by atoms with E-state index in [0.29, 0.717) is 36.3 Å². The summed E-state index contributed by atoms with van der Waals surface area (Å²) in [5.74, 6) is 0.658. The summed E-state index contributed by atoms with van der Waals surface area (Å²) in [5, 5.41) is 29.6. The van der Waals surface area contributed by atoms with Crippen molar-refractivity contribution in [2.75, 3.05) is 0 Å². The molecular formula is C27H32O4. The molecule has 0 radical (unpaired) electrons. The zero-order valence-electron chi connectivity index (χ0n) is 18.6. The van der Waals surface area contributed by atoms with Gasteiger partial charge in [-0.25, -0.2) is 0 Å². The second-order valence-corrected chi connectivity index (χ2v) is 8.00. The lowest BCUT2D eigenvalue weighted by molar-refractivity contribution is 0.0283. The van der Waals surface area contributed by atoms with Crippen molar-refractivity contribution in [1.82, 2.24) is 0 Å². The van der Waals surface area contributed by atoms with E-state index < -0.39 is 5.60 Å². The summed E-state index contributed by atoms with van der Waals surface area (Å²) in [6, 6.07) is 19.8. The fourth-order valence-corrected chi connectivity index (χ4v) is 3.92. The molecule has 0 aliphatic carbocycles. The van der Waals surface area contributed by atoms with Crippen LogP contribution in [-0.2, 0) is 25.4 Å². The van der Waals surface area contributed by atoms with Crippen molar-refractivity contribution >= 4 is 0 Å². The second kappa shape index (κ2) is 10.1. The Hall–Kier alpha value is -2.66. The molecule has 0 spiro atoms. The molecule has 0 bridgehead atoms. The maximum atomic E-state index is 10.8. The highest BCUT2D eigenvalue weighted by Gasteiger charge is 2.25. The van der Waals surface area contributed by atoms with Crippen LogP contribution in [0.25, 0.3) is 11.1 Å². The van der Waals surface area contributed by atoms with Crippen molar-refractivity contribution in [2.45, 2.75) is 59.0 Å². The van der Waals surface area contributed by atoms with Crippen LogP contribution in [0.15, 0.2) is 60.7 Å². The maximum Gasteiger partial charge on any atom is 0.120 e. The predicted octanol–water partition coefficient (Wildman–Crippen LogP) is 5.23. The molecule has 0 fully saturated rings. The third-order valence-corrected chi connectivity index (χ3v) is 6.10. The van der Waals surface area contributed by atoms with Crippen LogP contribution in [-0.4, -0.2) is 15.3 Å². The van der Waals surface area contributed by atoms with E-state index in [2.05, 4.69) is 31.2 Å². The molecular weight excluding hydrogens is 388 g/mol. The normalized spacial score (nSPS) is 11.5. The van der Waals surface area contributed by atoms with Crippen LogP contribution in [0.4, 0.5) is 0 Å². The van der Waals surface area contributed by atoms with Crippen LogP contribution in [0.3, 0.4) is 0 Å². The van der Waals surface area contributed by atoms with E-state index in [4.69, 9.17) is 4.74 Å². The van der Waals surface area contributed by atoms with Gasteiger partial charge in [-0.05, 0) is 76.9 Å². The molecule has 0 atom stereocenters. The number of benzene rings is 3. The Kier molecular flexibility index (Phi) is 7.50. The molecule has 31 heavy (non-hydrogen) atoms. The zero-order chi connectivity index (χ0) is 22.4. The Bertz CT molecular complexity index is 1020. The predicted molar refractivity (Wildman–Crippen MR) is 124 cm³/mol. The van der Waals surface area contributed by atoms with Gasteiger partial charge in [-0.15, -0.1) is 0 Å².